The van der Waals surface area contributed by atoms with Crippen LogP contribution < -0.4 is 10.6 Å². The maximum absolute atomic E-state index is 13.2. The van der Waals surface area contributed by atoms with Gasteiger partial charge in [0.25, 0.3) is 0 Å². The predicted octanol–water partition coefficient (Wildman–Crippen LogP) is 2.75. The van der Waals surface area contributed by atoms with Gasteiger partial charge in [-0.15, -0.1) is 12.3 Å². The van der Waals surface area contributed by atoms with Crippen molar-refractivity contribution in [3.63, 3.8) is 0 Å². The van der Waals surface area contributed by atoms with Gasteiger partial charge in [-0.3, -0.25) is 0 Å². The van der Waals surface area contributed by atoms with Crippen molar-refractivity contribution < 1.29 is 9.18 Å². The first-order valence-corrected chi connectivity index (χ1v) is 5.47. The van der Waals surface area contributed by atoms with Crippen LogP contribution in [0.3, 0.4) is 0 Å². The smallest absolute Gasteiger partial charge is 0.319 e. The van der Waals surface area contributed by atoms with Gasteiger partial charge in [0.1, 0.15) is 5.82 Å². The Labute approximate surface area is 100 Å². The van der Waals surface area contributed by atoms with Gasteiger partial charge in [-0.2, -0.15) is 0 Å². The molecule has 3 nitrogen and oxygen atoms in total. The number of carbonyl (C=O) groups excluding carboxylic acids is 1. The lowest BCUT2D eigenvalue weighted by molar-refractivity contribution is 0.252. The maximum atomic E-state index is 13.2. The van der Waals surface area contributed by atoms with Crippen LogP contribution in [0.2, 0.25) is 0 Å². The van der Waals surface area contributed by atoms with Crippen molar-refractivity contribution in [2.75, 3.05) is 11.9 Å². The van der Waals surface area contributed by atoms with E-state index in [1.165, 1.54) is 12.1 Å². The molecular formula is C13H15FN2O. The summed E-state index contributed by atoms with van der Waals surface area (Å²) in [7, 11) is 0. The van der Waals surface area contributed by atoms with Gasteiger partial charge >= 0.3 is 6.03 Å². The number of rotatable bonds is 5. The molecule has 0 aliphatic rings. The van der Waals surface area contributed by atoms with Crippen LogP contribution in [0, 0.1) is 18.2 Å². The van der Waals surface area contributed by atoms with Crippen molar-refractivity contribution in [2.24, 2.45) is 0 Å². The molecular weight excluding hydrogens is 219 g/mol. The number of amides is 2. The largest absolute Gasteiger partial charge is 0.338 e. The quantitative estimate of drug-likeness (QED) is 0.597. The first-order chi connectivity index (χ1) is 8.24. The zero-order valence-electron chi connectivity index (χ0n) is 9.50. The Morgan fingerprint density at radius 3 is 2.82 bits per heavy atom. The lowest BCUT2D eigenvalue weighted by Gasteiger charge is -2.07. The lowest BCUT2D eigenvalue weighted by atomic mass is 10.2. The number of para-hydroxylation sites is 1. The molecule has 2 amide bonds. The van der Waals surface area contributed by atoms with Crippen molar-refractivity contribution >= 4 is 11.7 Å². The Kier molecular flexibility index (Phi) is 5.59. The Bertz CT molecular complexity index is 412. The summed E-state index contributed by atoms with van der Waals surface area (Å²) in [5.74, 6) is 2.08. The van der Waals surface area contributed by atoms with Crippen molar-refractivity contribution in [2.45, 2.75) is 19.3 Å². The zero-order chi connectivity index (χ0) is 12.5. The average molecular weight is 234 g/mol. The Morgan fingerprint density at radius 1 is 1.35 bits per heavy atom. The minimum atomic E-state index is -0.449. The van der Waals surface area contributed by atoms with E-state index in [2.05, 4.69) is 16.6 Å². The van der Waals surface area contributed by atoms with E-state index in [-0.39, 0.29) is 5.69 Å². The van der Waals surface area contributed by atoms with E-state index in [4.69, 9.17) is 6.42 Å². The summed E-state index contributed by atoms with van der Waals surface area (Å²) < 4.78 is 13.2. The molecule has 0 saturated heterocycles. The summed E-state index contributed by atoms with van der Waals surface area (Å²) in [5.41, 5.74) is 0.175. The number of halogens is 1. The lowest BCUT2D eigenvalue weighted by Crippen LogP contribution is -2.29. The van der Waals surface area contributed by atoms with Crippen molar-refractivity contribution in [3.8, 4) is 12.3 Å². The van der Waals surface area contributed by atoms with Gasteiger partial charge in [0, 0.05) is 13.0 Å². The highest BCUT2D eigenvalue weighted by Gasteiger charge is 2.04. The normalized spacial score (nSPS) is 9.41. The number of hydrogen-bond acceptors (Lipinski definition) is 1. The molecule has 1 aromatic rings. The highest BCUT2D eigenvalue weighted by Crippen LogP contribution is 2.11. The highest BCUT2D eigenvalue weighted by atomic mass is 19.1. The zero-order valence-corrected chi connectivity index (χ0v) is 9.50. The second-order valence-electron chi connectivity index (χ2n) is 3.52. The summed E-state index contributed by atoms with van der Waals surface area (Å²) in [6.07, 6.45) is 7.49. The van der Waals surface area contributed by atoms with Crippen LogP contribution in [0.1, 0.15) is 19.3 Å². The number of anilines is 1. The maximum Gasteiger partial charge on any atom is 0.319 e. The minimum Gasteiger partial charge on any atom is -0.338 e. The molecule has 0 aliphatic heterocycles. The van der Waals surface area contributed by atoms with Crippen LogP contribution in [0.5, 0.6) is 0 Å². The number of benzene rings is 1. The molecule has 0 fully saturated rings. The molecule has 0 unspecified atom stereocenters. The van der Waals surface area contributed by atoms with Crippen LogP contribution in [-0.2, 0) is 0 Å². The molecule has 0 saturated carbocycles. The molecule has 17 heavy (non-hydrogen) atoms. The molecule has 0 aromatic heterocycles. The van der Waals surface area contributed by atoms with Gasteiger partial charge in [-0.1, -0.05) is 12.1 Å². The average Bonchev–Trinajstić information content (AvgIpc) is 2.32. The molecule has 0 aliphatic carbocycles. The second kappa shape index (κ2) is 7.29. The third-order valence-electron chi connectivity index (χ3n) is 2.16. The highest BCUT2D eigenvalue weighted by molar-refractivity contribution is 5.89. The SMILES string of the molecule is C#CCCCCNC(=O)Nc1ccccc1F. The fraction of sp³-hybridized carbons (Fsp3) is 0.308. The molecule has 0 heterocycles. The van der Waals surface area contributed by atoms with Gasteiger partial charge in [0.05, 0.1) is 5.69 Å². The van der Waals surface area contributed by atoms with Crippen molar-refractivity contribution in [1.82, 2.24) is 5.32 Å². The molecule has 0 atom stereocenters. The number of urea groups is 1. The van der Waals surface area contributed by atoms with E-state index in [1.807, 2.05) is 0 Å². The first kappa shape index (κ1) is 13.0. The van der Waals surface area contributed by atoms with Crippen LogP contribution >= 0.6 is 0 Å². The number of nitrogens with one attached hydrogen (secondary N) is 2. The monoisotopic (exact) mass is 234 g/mol. The van der Waals surface area contributed by atoms with E-state index in [0.717, 1.165) is 12.8 Å². The summed E-state index contributed by atoms with van der Waals surface area (Å²) in [6, 6.07) is 5.62. The fourth-order valence-electron chi connectivity index (χ4n) is 1.28. The summed E-state index contributed by atoms with van der Waals surface area (Å²) in [4.78, 5) is 11.4. The van der Waals surface area contributed by atoms with Crippen LogP contribution in [0.15, 0.2) is 24.3 Å². The summed E-state index contributed by atoms with van der Waals surface area (Å²) in [6.45, 7) is 0.530. The Hall–Kier alpha value is -2.02. The number of terminal acetylenes is 1. The number of unbranched alkanes of at least 4 members (excludes halogenated alkanes) is 2. The minimum absolute atomic E-state index is 0.175. The molecule has 0 spiro atoms. The van der Waals surface area contributed by atoms with E-state index in [9.17, 15) is 9.18 Å². The Balaban J connectivity index is 2.26. The van der Waals surface area contributed by atoms with Gasteiger partial charge in [0.2, 0.25) is 0 Å². The second-order valence-corrected chi connectivity index (χ2v) is 3.52. The van der Waals surface area contributed by atoms with Crippen LogP contribution in [0.4, 0.5) is 14.9 Å². The van der Waals surface area contributed by atoms with E-state index >= 15 is 0 Å². The van der Waals surface area contributed by atoms with E-state index in [1.54, 1.807) is 12.1 Å². The topological polar surface area (TPSA) is 41.1 Å². The Morgan fingerprint density at radius 2 is 2.12 bits per heavy atom. The summed E-state index contributed by atoms with van der Waals surface area (Å²) in [5, 5.41) is 5.07. The predicted molar refractivity (Wildman–Crippen MR) is 66.1 cm³/mol. The first-order valence-electron chi connectivity index (χ1n) is 5.47. The van der Waals surface area contributed by atoms with Crippen molar-refractivity contribution in [1.29, 1.82) is 0 Å². The standard InChI is InChI=1S/C13H15FN2O/c1-2-3-4-7-10-15-13(17)16-12-9-6-5-8-11(12)14/h1,5-6,8-9H,3-4,7,10H2,(H2,15,16,17). The van der Waals surface area contributed by atoms with Crippen LogP contribution in [0.25, 0.3) is 0 Å². The molecule has 1 rings (SSSR count). The number of carbonyl (C=O) groups is 1. The van der Waals surface area contributed by atoms with Crippen LogP contribution in [-0.4, -0.2) is 12.6 Å². The molecule has 1 aromatic carbocycles. The third kappa shape index (κ3) is 5.03. The van der Waals surface area contributed by atoms with Gasteiger partial charge in [-0.25, -0.2) is 9.18 Å². The molecule has 0 radical (unpaired) electrons. The molecule has 4 heteroatoms. The van der Waals surface area contributed by atoms with Gasteiger partial charge < -0.3 is 10.6 Å². The van der Waals surface area contributed by atoms with Gasteiger partial charge in [0.15, 0.2) is 0 Å². The third-order valence-corrected chi connectivity index (χ3v) is 2.16. The molecule has 0 bridgehead atoms. The van der Waals surface area contributed by atoms with Gasteiger partial charge in [-0.05, 0) is 25.0 Å². The fourth-order valence-corrected chi connectivity index (χ4v) is 1.28. The van der Waals surface area contributed by atoms with Crippen molar-refractivity contribution in [3.05, 3.63) is 30.1 Å². The summed E-state index contributed by atoms with van der Waals surface area (Å²) >= 11 is 0. The molecule has 2 N–H and O–H groups in total. The number of hydrogen-bond donors (Lipinski definition) is 2. The molecule has 90 valence electrons. The van der Waals surface area contributed by atoms with E-state index in [0.29, 0.717) is 13.0 Å². The van der Waals surface area contributed by atoms with E-state index < -0.39 is 11.8 Å².